The van der Waals surface area contributed by atoms with Gasteiger partial charge in [0.1, 0.15) is 5.57 Å². The Kier molecular flexibility index (Phi) is 4.82. The Hall–Kier alpha value is -0.650. The SMILES string of the molecule is C=C([CH2+])CC(=C)CCCC. The number of allylic oxidation sites excluding steroid dienone is 2. The van der Waals surface area contributed by atoms with Gasteiger partial charge in [-0.15, -0.1) is 0 Å². The molecule has 0 saturated carbocycles. The lowest BCUT2D eigenvalue weighted by atomic mass is 10.0. The fourth-order valence-electron chi connectivity index (χ4n) is 0.869. The average molecular weight is 137 g/mol. The molecule has 0 heterocycles. The van der Waals surface area contributed by atoms with E-state index in [2.05, 4.69) is 27.0 Å². The van der Waals surface area contributed by atoms with Crippen LogP contribution in [0.3, 0.4) is 0 Å². The van der Waals surface area contributed by atoms with Gasteiger partial charge in [0.25, 0.3) is 0 Å². The first-order valence-electron chi connectivity index (χ1n) is 3.83. The van der Waals surface area contributed by atoms with Crippen LogP contribution < -0.4 is 0 Å². The summed E-state index contributed by atoms with van der Waals surface area (Å²) in [6.07, 6.45) is 4.51. The fourth-order valence-corrected chi connectivity index (χ4v) is 0.869. The lowest BCUT2D eigenvalue weighted by molar-refractivity contribution is 0.775. The van der Waals surface area contributed by atoms with Crippen molar-refractivity contribution in [3.05, 3.63) is 31.2 Å². The van der Waals surface area contributed by atoms with E-state index in [4.69, 9.17) is 0 Å². The van der Waals surface area contributed by atoms with Gasteiger partial charge in [-0.25, -0.2) is 0 Å². The molecule has 0 aliphatic heterocycles. The fraction of sp³-hybridized carbons (Fsp3) is 0.500. The van der Waals surface area contributed by atoms with E-state index < -0.39 is 0 Å². The highest BCUT2D eigenvalue weighted by molar-refractivity contribution is 5.11. The minimum Gasteiger partial charge on any atom is -0.0994 e. The van der Waals surface area contributed by atoms with Gasteiger partial charge in [-0.05, 0) is 12.8 Å². The van der Waals surface area contributed by atoms with Crippen LogP contribution in [0.5, 0.6) is 0 Å². The minimum absolute atomic E-state index is 0.903. The van der Waals surface area contributed by atoms with Gasteiger partial charge >= 0.3 is 0 Å². The van der Waals surface area contributed by atoms with Crippen molar-refractivity contribution < 1.29 is 0 Å². The van der Waals surface area contributed by atoms with Crippen LogP contribution in [-0.2, 0) is 0 Å². The molecule has 0 fully saturated rings. The Morgan fingerprint density at radius 2 is 2.00 bits per heavy atom. The molecule has 0 unspecified atom stereocenters. The predicted molar refractivity (Wildman–Crippen MR) is 47.8 cm³/mol. The highest BCUT2D eigenvalue weighted by atomic mass is 14.0. The number of unbranched alkanes of at least 4 members (excludes halogenated alkanes) is 1. The second-order valence-electron chi connectivity index (χ2n) is 2.78. The van der Waals surface area contributed by atoms with Crippen molar-refractivity contribution in [1.29, 1.82) is 0 Å². The highest BCUT2D eigenvalue weighted by Crippen LogP contribution is 2.12. The second-order valence-corrected chi connectivity index (χ2v) is 2.78. The van der Waals surface area contributed by atoms with Gasteiger partial charge in [0.2, 0.25) is 0 Å². The maximum absolute atomic E-state index is 3.93. The first-order chi connectivity index (χ1) is 4.66. The summed E-state index contributed by atoms with van der Waals surface area (Å²) < 4.78 is 0. The standard InChI is InChI=1S/C10H17/c1-5-6-7-10(4)8-9(2)3/h2-8H2,1H3/q+1. The first kappa shape index (κ1) is 9.35. The number of hydrogen-bond donors (Lipinski definition) is 0. The van der Waals surface area contributed by atoms with Gasteiger partial charge in [0.05, 0.1) is 0 Å². The van der Waals surface area contributed by atoms with E-state index in [0.29, 0.717) is 0 Å². The molecule has 0 bridgehead atoms. The van der Waals surface area contributed by atoms with Crippen molar-refractivity contribution >= 4 is 0 Å². The topological polar surface area (TPSA) is 0 Å². The molecule has 0 amide bonds. The number of rotatable bonds is 5. The molecule has 0 aliphatic rings. The predicted octanol–water partition coefficient (Wildman–Crippen LogP) is 3.51. The molecule has 0 nitrogen and oxygen atoms in total. The summed E-state index contributed by atoms with van der Waals surface area (Å²) in [6.45, 7) is 13.6. The van der Waals surface area contributed by atoms with Crippen LogP contribution in [0.2, 0.25) is 0 Å². The summed E-state index contributed by atoms with van der Waals surface area (Å²) in [6, 6.07) is 0. The summed E-state index contributed by atoms with van der Waals surface area (Å²) in [7, 11) is 0. The quantitative estimate of drug-likeness (QED) is 0.402. The maximum Gasteiger partial charge on any atom is 0.100 e. The van der Waals surface area contributed by atoms with Crippen molar-refractivity contribution in [2.45, 2.75) is 32.6 Å². The Morgan fingerprint density at radius 3 is 2.40 bits per heavy atom. The van der Waals surface area contributed by atoms with Gasteiger partial charge in [0.15, 0.2) is 0 Å². The lowest BCUT2D eigenvalue weighted by Crippen LogP contribution is -1.82. The van der Waals surface area contributed by atoms with Crippen molar-refractivity contribution in [2.24, 2.45) is 0 Å². The van der Waals surface area contributed by atoms with Crippen molar-refractivity contribution in [2.75, 3.05) is 0 Å². The molecule has 0 rings (SSSR count). The van der Waals surface area contributed by atoms with Gasteiger partial charge in [0, 0.05) is 19.9 Å². The van der Waals surface area contributed by atoms with Crippen molar-refractivity contribution in [3.63, 3.8) is 0 Å². The van der Waals surface area contributed by atoms with E-state index in [1.807, 2.05) is 0 Å². The van der Waals surface area contributed by atoms with Crippen LogP contribution in [0.4, 0.5) is 0 Å². The number of hydrogen-bond acceptors (Lipinski definition) is 0. The molecular formula is C10H17+. The molecule has 0 atom stereocenters. The lowest BCUT2D eigenvalue weighted by Gasteiger charge is -1.99. The molecule has 10 heavy (non-hydrogen) atoms. The zero-order valence-corrected chi connectivity index (χ0v) is 6.95. The van der Waals surface area contributed by atoms with Gasteiger partial charge in [-0.3, -0.25) is 0 Å². The summed E-state index contributed by atoms with van der Waals surface area (Å²) in [4.78, 5) is 0. The van der Waals surface area contributed by atoms with Crippen LogP contribution in [-0.4, -0.2) is 0 Å². The van der Waals surface area contributed by atoms with E-state index in [1.165, 1.54) is 18.4 Å². The molecule has 0 spiro atoms. The summed E-state index contributed by atoms with van der Waals surface area (Å²) >= 11 is 0. The molecule has 0 heteroatoms. The molecule has 0 aromatic heterocycles. The molecular weight excluding hydrogens is 120 g/mol. The Morgan fingerprint density at radius 1 is 1.40 bits per heavy atom. The summed E-state index contributed by atoms with van der Waals surface area (Å²) in [5, 5.41) is 0. The van der Waals surface area contributed by atoms with Crippen LogP contribution in [0.25, 0.3) is 0 Å². The van der Waals surface area contributed by atoms with Crippen LogP contribution in [0.15, 0.2) is 24.3 Å². The van der Waals surface area contributed by atoms with Gasteiger partial charge in [-0.2, -0.15) is 0 Å². The second kappa shape index (κ2) is 5.16. The monoisotopic (exact) mass is 137 g/mol. The Bertz CT molecular complexity index is 120. The van der Waals surface area contributed by atoms with E-state index >= 15 is 0 Å². The van der Waals surface area contributed by atoms with E-state index in [0.717, 1.165) is 18.4 Å². The molecule has 0 aliphatic carbocycles. The summed E-state index contributed by atoms with van der Waals surface area (Å²) in [5.74, 6) is 0. The Labute approximate surface area is 64.6 Å². The van der Waals surface area contributed by atoms with E-state index in [9.17, 15) is 0 Å². The van der Waals surface area contributed by atoms with E-state index in [1.54, 1.807) is 0 Å². The van der Waals surface area contributed by atoms with Crippen LogP contribution >= 0.6 is 0 Å². The zero-order valence-electron chi connectivity index (χ0n) is 6.95. The highest BCUT2D eigenvalue weighted by Gasteiger charge is 1.97. The molecule has 0 aromatic rings. The molecule has 56 valence electrons. The zero-order chi connectivity index (χ0) is 7.98. The van der Waals surface area contributed by atoms with Crippen molar-refractivity contribution in [3.8, 4) is 0 Å². The first-order valence-corrected chi connectivity index (χ1v) is 3.83. The van der Waals surface area contributed by atoms with Gasteiger partial charge in [-0.1, -0.05) is 25.5 Å². The van der Waals surface area contributed by atoms with Crippen LogP contribution in [0.1, 0.15) is 32.6 Å². The van der Waals surface area contributed by atoms with Crippen LogP contribution in [0, 0.1) is 6.92 Å². The average Bonchev–Trinajstić information content (AvgIpc) is 1.82. The maximum atomic E-state index is 3.93. The van der Waals surface area contributed by atoms with Gasteiger partial charge < -0.3 is 0 Å². The third-order valence-electron chi connectivity index (χ3n) is 1.38. The third-order valence-corrected chi connectivity index (χ3v) is 1.38. The smallest absolute Gasteiger partial charge is 0.0994 e. The third kappa shape index (κ3) is 5.49. The Balaban J connectivity index is 3.35. The minimum atomic E-state index is 0.903. The molecule has 0 radical (unpaired) electrons. The summed E-state index contributed by atoms with van der Waals surface area (Å²) in [5.41, 5.74) is 2.24. The molecule has 0 N–H and O–H groups in total. The molecule has 0 aromatic carbocycles. The van der Waals surface area contributed by atoms with E-state index in [-0.39, 0.29) is 0 Å². The normalized spacial score (nSPS) is 9.30. The van der Waals surface area contributed by atoms with Crippen molar-refractivity contribution in [1.82, 2.24) is 0 Å². The molecule has 0 saturated heterocycles. The largest absolute Gasteiger partial charge is 0.100 e.